The molecule has 1 N–H and O–H groups in total. The van der Waals surface area contributed by atoms with Crippen LogP contribution in [0.5, 0.6) is 0 Å². The summed E-state index contributed by atoms with van der Waals surface area (Å²) in [5.41, 5.74) is 0.449. The van der Waals surface area contributed by atoms with Crippen LogP contribution in [0, 0.1) is 19.8 Å². The second kappa shape index (κ2) is 10.2. The Morgan fingerprint density at radius 1 is 1.24 bits per heavy atom. The molecule has 2 amide bonds. The van der Waals surface area contributed by atoms with Crippen LogP contribution >= 0.6 is 22.7 Å². The van der Waals surface area contributed by atoms with Crippen LogP contribution in [0.3, 0.4) is 0 Å². The SMILES string of the molecule is Cc1nc(C)c(S(=O)(=O)N2CCN(C(CC3CCCCC3)C(=O)Nc3nccs3)C(=O)C2)s1. The van der Waals surface area contributed by atoms with E-state index < -0.39 is 16.1 Å². The Hall–Kier alpha value is -1.89. The first-order valence-corrected chi connectivity index (χ1v) is 14.3. The molecule has 1 atom stereocenters. The van der Waals surface area contributed by atoms with Crippen LogP contribution in [0.4, 0.5) is 5.13 Å². The van der Waals surface area contributed by atoms with Crippen molar-refractivity contribution in [1.29, 1.82) is 0 Å². The molecular weight excluding hydrogens is 482 g/mol. The summed E-state index contributed by atoms with van der Waals surface area (Å²) in [6.07, 6.45) is 7.79. The highest BCUT2D eigenvalue weighted by Gasteiger charge is 2.40. The monoisotopic (exact) mass is 511 g/mol. The third kappa shape index (κ3) is 5.44. The van der Waals surface area contributed by atoms with Crippen molar-refractivity contribution in [3.05, 3.63) is 22.3 Å². The predicted octanol–water partition coefficient (Wildman–Crippen LogP) is 3.03. The minimum Gasteiger partial charge on any atom is -0.328 e. The van der Waals surface area contributed by atoms with Gasteiger partial charge in [-0.1, -0.05) is 32.1 Å². The summed E-state index contributed by atoms with van der Waals surface area (Å²) in [5.74, 6) is -0.226. The lowest BCUT2D eigenvalue weighted by Crippen LogP contribution is -2.58. The van der Waals surface area contributed by atoms with Crippen molar-refractivity contribution in [2.45, 2.75) is 62.6 Å². The Morgan fingerprint density at radius 3 is 2.61 bits per heavy atom. The number of aromatic nitrogens is 2. The second-order valence-electron chi connectivity index (χ2n) is 8.61. The quantitative estimate of drug-likeness (QED) is 0.611. The maximum atomic E-state index is 13.2. The lowest BCUT2D eigenvalue weighted by Gasteiger charge is -2.39. The highest BCUT2D eigenvalue weighted by atomic mass is 32.2. The molecule has 2 aromatic rings. The molecule has 9 nitrogen and oxygen atoms in total. The van der Waals surface area contributed by atoms with Crippen molar-refractivity contribution < 1.29 is 18.0 Å². The average molecular weight is 512 g/mol. The van der Waals surface area contributed by atoms with E-state index in [2.05, 4.69) is 15.3 Å². The highest BCUT2D eigenvalue weighted by molar-refractivity contribution is 7.91. The van der Waals surface area contributed by atoms with E-state index in [-0.39, 0.29) is 35.7 Å². The molecule has 1 unspecified atom stereocenters. The van der Waals surface area contributed by atoms with Crippen molar-refractivity contribution in [1.82, 2.24) is 19.2 Å². The van der Waals surface area contributed by atoms with Crippen molar-refractivity contribution in [3.63, 3.8) is 0 Å². The zero-order valence-corrected chi connectivity index (χ0v) is 21.3. The predicted molar refractivity (Wildman–Crippen MR) is 128 cm³/mol. The van der Waals surface area contributed by atoms with Gasteiger partial charge >= 0.3 is 0 Å². The first kappa shape index (κ1) is 24.2. The van der Waals surface area contributed by atoms with E-state index in [9.17, 15) is 18.0 Å². The van der Waals surface area contributed by atoms with E-state index in [1.54, 1.807) is 30.3 Å². The molecule has 0 bridgehead atoms. The molecule has 1 aliphatic heterocycles. The first-order chi connectivity index (χ1) is 15.8. The van der Waals surface area contributed by atoms with E-state index in [4.69, 9.17) is 0 Å². The lowest BCUT2D eigenvalue weighted by atomic mass is 9.84. The number of aryl methyl sites for hydroxylation is 2. The fraction of sp³-hybridized carbons (Fsp3) is 0.619. The number of hydrogen-bond donors (Lipinski definition) is 1. The van der Waals surface area contributed by atoms with Gasteiger partial charge in [-0.05, 0) is 26.2 Å². The maximum absolute atomic E-state index is 13.2. The molecule has 0 radical (unpaired) electrons. The zero-order chi connectivity index (χ0) is 23.6. The number of amides is 2. The molecule has 180 valence electrons. The molecule has 1 aliphatic carbocycles. The Morgan fingerprint density at radius 2 is 2.00 bits per heavy atom. The number of hydrogen-bond acceptors (Lipinski definition) is 8. The number of thiazole rings is 2. The number of sulfonamides is 1. The van der Waals surface area contributed by atoms with Crippen molar-refractivity contribution in [2.75, 3.05) is 25.0 Å². The average Bonchev–Trinajstić information content (AvgIpc) is 3.42. The van der Waals surface area contributed by atoms with Gasteiger partial charge in [-0.2, -0.15) is 4.31 Å². The molecule has 12 heteroatoms. The van der Waals surface area contributed by atoms with Crippen molar-refractivity contribution in [3.8, 4) is 0 Å². The Labute approximate surface area is 202 Å². The Bertz CT molecular complexity index is 1090. The molecule has 2 fully saturated rings. The van der Waals surface area contributed by atoms with Gasteiger partial charge in [-0.3, -0.25) is 9.59 Å². The molecule has 2 aromatic heterocycles. The number of carbonyl (C=O) groups excluding carboxylic acids is 2. The largest absolute Gasteiger partial charge is 0.328 e. The molecule has 33 heavy (non-hydrogen) atoms. The van der Waals surface area contributed by atoms with E-state index in [0.29, 0.717) is 28.2 Å². The fourth-order valence-electron chi connectivity index (χ4n) is 4.66. The van der Waals surface area contributed by atoms with E-state index in [0.717, 1.165) is 37.0 Å². The third-order valence-electron chi connectivity index (χ3n) is 6.28. The van der Waals surface area contributed by atoms with Crippen LogP contribution < -0.4 is 5.32 Å². The maximum Gasteiger partial charge on any atom is 0.254 e. The summed E-state index contributed by atoms with van der Waals surface area (Å²) < 4.78 is 27.7. The summed E-state index contributed by atoms with van der Waals surface area (Å²) in [4.78, 5) is 36.3. The molecule has 0 aromatic carbocycles. The van der Waals surface area contributed by atoms with Gasteiger partial charge in [0.1, 0.15) is 6.04 Å². The number of nitrogens with zero attached hydrogens (tertiary/aromatic N) is 4. The zero-order valence-electron chi connectivity index (χ0n) is 18.8. The minimum absolute atomic E-state index is 0.149. The number of carbonyl (C=O) groups is 2. The summed E-state index contributed by atoms with van der Waals surface area (Å²) in [7, 11) is -3.81. The Kier molecular flexibility index (Phi) is 7.46. The van der Waals surface area contributed by atoms with Crippen LogP contribution in [0.15, 0.2) is 15.8 Å². The van der Waals surface area contributed by atoms with Gasteiger partial charge < -0.3 is 10.2 Å². The van der Waals surface area contributed by atoms with Crippen LogP contribution in [-0.2, 0) is 19.6 Å². The standard InChI is InChI=1S/C21H29N5O4S3/c1-14-20(32-15(2)23-14)33(29,30)25-9-10-26(18(27)13-25)17(12-16-6-4-3-5-7-16)19(28)24-21-22-8-11-31-21/h8,11,16-17H,3-7,9-10,12-13H2,1-2H3,(H,22,24,28). The topological polar surface area (TPSA) is 113 Å². The normalized spacial score (nSPS) is 19.6. The second-order valence-corrected chi connectivity index (χ2v) is 12.8. The van der Waals surface area contributed by atoms with E-state index in [1.165, 1.54) is 22.1 Å². The smallest absolute Gasteiger partial charge is 0.254 e. The number of nitrogens with one attached hydrogen (secondary N) is 1. The van der Waals surface area contributed by atoms with Gasteiger partial charge in [0.05, 0.1) is 17.2 Å². The summed E-state index contributed by atoms with van der Waals surface area (Å²) in [5, 5.41) is 5.79. The summed E-state index contributed by atoms with van der Waals surface area (Å²) in [6, 6.07) is -0.637. The molecule has 0 spiro atoms. The van der Waals surface area contributed by atoms with Gasteiger partial charge in [-0.25, -0.2) is 18.4 Å². The minimum atomic E-state index is -3.81. The highest BCUT2D eigenvalue weighted by Crippen LogP contribution is 2.31. The molecule has 1 saturated heterocycles. The van der Waals surface area contributed by atoms with Crippen LogP contribution in [0.2, 0.25) is 0 Å². The third-order valence-corrected chi connectivity index (χ3v) is 10.5. The first-order valence-electron chi connectivity index (χ1n) is 11.2. The molecule has 3 heterocycles. The van der Waals surface area contributed by atoms with Crippen molar-refractivity contribution >= 4 is 49.6 Å². The number of anilines is 1. The lowest BCUT2D eigenvalue weighted by molar-refractivity contribution is -0.142. The van der Waals surface area contributed by atoms with E-state index >= 15 is 0 Å². The molecule has 1 saturated carbocycles. The van der Waals surface area contributed by atoms with Gasteiger partial charge in [0.15, 0.2) is 9.34 Å². The fourth-order valence-corrected chi connectivity index (χ4v) is 8.19. The summed E-state index contributed by atoms with van der Waals surface area (Å²) >= 11 is 2.45. The molecule has 4 rings (SSSR count). The number of rotatable bonds is 7. The summed E-state index contributed by atoms with van der Waals surface area (Å²) in [6.45, 7) is 3.48. The van der Waals surface area contributed by atoms with Gasteiger partial charge in [0.25, 0.3) is 10.0 Å². The van der Waals surface area contributed by atoms with E-state index in [1.807, 2.05) is 0 Å². The van der Waals surface area contributed by atoms with Crippen LogP contribution in [0.1, 0.15) is 49.2 Å². The van der Waals surface area contributed by atoms with Crippen LogP contribution in [-0.4, -0.2) is 65.1 Å². The molecule has 2 aliphatic rings. The van der Waals surface area contributed by atoms with Gasteiger partial charge in [0, 0.05) is 24.7 Å². The van der Waals surface area contributed by atoms with Crippen LogP contribution in [0.25, 0.3) is 0 Å². The van der Waals surface area contributed by atoms with Gasteiger partial charge in [-0.15, -0.1) is 22.7 Å². The van der Waals surface area contributed by atoms with Crippen molar-refractivity contribution in [2.24, 2.45) is 5.92 Å². The Balaban J connectivity index is 1.51. The number of piperazine rings is 1. The van der Waals surface area contributed by atoms with Gasteiger partial charge in [0.2, 0.25) is 11.8 Å². The molecular formula is C21H29N5O4S3.